The molecule has 0 spiro atoms. The van der Waals surface area contributed by atoms with Crippen molar-refractivity contribution in [2.75, 3.05) is 34.4 Å². The van der Waals surface area contributed by atoms with Gasteiger partial charge >= 0.3 is 0 Å². The molecule has 0 bridgehead atoms. The van der Waals surface area contributed by atoms with E-state index in [2.05, 4.69) is 4.90 Å². The van der Waals surface area contributed by atoms with Gasteiger partial charge in [0.05, 0.1) is 19.8 Å². The molecule has 186 valence electrons. The SMILES string of the molecule is COc1cc(CN2CCC([C@@H](Cc3ccccc3F)N(C)C(=O)c3ccsc3)CC2)cc(OC)c1. The number of rotatable bonds is 9. The number of carbonyl (C=O) groups excluding carboxylic acids is 1. The van der Waals surface area contributed by atoms with Crippen LogP contribution in [-0.2, 0) is 13.0 Å². The Morgan fingerprint density at radius 3 is 2.40 bits per heavy atom. The normalized spacial score (nSPS) is 15.5. The number of halogens is 1. The van der Waals surface area contributed by atoms with E-state index in [1.54, 1.807) is 20.3 Å². The van der Waals surface area contributed by atoms with Crippen LogP contribution in [0.15, 0.2) is 59.3 Å². The van der Waals surface area contributed by atoms with Crippen LogP contribution in [0.2, 0.25) is 0 Å². The quantitative estimate of drug-likeness (QED) is 0.392. The maximum absolute atomic E-state index is 14.6. The highest BCUT2D eigenvalue weighted by Gasteiger charge is 2.32. The van der Waals surface area contributed by atoms with E-state index in [0.717, 1.165) is 49.5 Å². The summed E-state index contributed by atoms with van der Waals surface area (Å²) in [5.41, 5.74) is 2.50. The highest BCUT2D eigenvalue weighted by Crippen LogP contribution is 2.30. The lowest BCUT2D eigenvalue weighted by molar-refractivity contribution is 0.0584. The second-order valence-electron chi connectivity index (χ2n) is 9.13. The maximum Gasteiger partial charge on any atom is 0.254 e. The zero-order valence-corrected chi connectivity index (χ0v) is 21.4. The van der Waals surface area contributed by atoms with Gasteiger partial charge in [0.25, 0.3) is 5.91 Å². The van der Waals surface area contributed by atoms with Crippen LogP contribution in [0.4, 0.5) is 4.39 Å². The number of thiophene rings is 1. The molecule has 0 unspecified atom stereocenters. The van der Waals surface area contributed by atoms with E-state index in [-0.39, 0.29) is 17.8 Å². The number of likely N-dealkylation sites (tertiary alicyclic amines) is 1. The van der Waals surface area contributed by atoms with Crippen molar-refractivity contribution >= 4 is 17.2 Å². The molecule has 0 radical (unpaired) electrons. The van der Waals surface area contributed by atoms with Gasteiger partial charge in [-0.1, -0.05) is 18.2 Å². The monoisotopic (exact) mass is 496 g/mol. The molecule has 1 aromatic heterocycles. The lowest BCUT2D eigenvalue weighted by atomic mass is 9.84. The van der Waals surface area contributed by atoms with Crippen molar-refractivity contribution in [2.45, 2.75) is 31.8 Å². The van der Waals surface area contributed by atoms with Crippen LogP contribution in [0.1, 0.15) is 34.3 Å². The lowest BCUT2D eigenvalue weighted by Gasteiger charge is -2.40. The van der Waals surface area contributed by atoms with Crippen LogP contribution in [0.5, 0.6) is 11.5 Å². The topological polar surface area (TPSA) is 42.0 Å². The highest BCUT2D eigenvalue weighted by molar-refractivity contribution is 7.08. The molecule has 1 amide bonds. The van der Waals surface area contributed by atoms with Gasteiger partial charge in [0.15, 0.2) is 0 Å². The molecule has 5 nitrogen and oxygen atoms in total. The van der Waals surface area contributed by atoms with E-state index in [0.29, 0.717) is 23.5 Å². The number of methoxy groups -OCH3 is 2. The number of amides is 1. The molecule has 1 atom stereocenters. The Kier molecular flexibility index (Phi) is 8.42. The summed E-state index contributed by atoms with van der Waals surface area (Å²) in [6.07, 6.45) is 2.40. The summed E-state index contributed by atoms with van der Waals surface area (Å²) in [6, 6.07) is 14.7. The zero-order valence-electron chi connectivity index (χ0n) is 20.6. The van der Waals surface area contributed by atoms with Crippen molar-refractivity contribution in [3.63, 3.8) is 0 Å². The minimum absolute atomic E-state index is 0.00139. The average molecular weight is 497 g/mol. The van der Waals surface area contributed by atoms with Crippen molar-refractivity contribution in [1.82, 2.24) is 9.80 Å². The van der Waals surface area contributed by atoms with Crippen LogP contribution in [0.25, 0.3) is 0 Å². The first-order valence-corrected chi connectivity index (χ1v) is 12.9. The van der Waals surface area contributed by atoms with Gasteiger partial charge < -0.3 is 14.4 Å². The summed E-state index contributed by atoms with van der Waals surface area (Å²) in [7, 11) is 5.18. The van der Waals surface area contributed by atoms with Gasteiger partial charge in [0, 0.05) is 31.1 Å². The van der Waals surface area contributed by atoms with E-state index in [9.17, 15) is 9.18 Å². The van der Waals surface area contributed by atoms with Gasteiger partial charge in [-0.05, 0) is 79.0 Å². The Hall–Kier alpha value is -2.90. The van der Waals surface area contributed by atoms with E-state index in [4.69, 9.17) is 9.47 Å². The van der Waals surface area contributed by atoms with Crippen molar-refractivity contribution in [3.05, 3.63) is 81.8 Å². The van der Waals surface area contributed by atoms with Crippen LogP contribution >= 0.6 is 11.3 Å². The van der Waals surface area contributed by atoms with Gasteiger partial charge in [-0.15, -0.1) is 0 Å². The second kappa shape index (κ2) is 11.7. The summed E-state index contributed by atoms with van der Waals surface area (Å²) >= 11 is 1.51. The third-order valence-corrected chi connectivity index (χ3v) is 7.65. The number of carbonyl (C=O) groups is 1. The number of nitrogens with zero attached hydrogens (tertiary/aromatic N) is 2. The Bertz CT molecular complexity index is 1090. The fraction of sp³-hybridized carbons (Fsp3) is 0.393. The molecule has 3 aromatic rings. The molecule has 35 heavy (non-hydrogen) atoms. The van der Waals surface area contributed by atoms with E-state index >= 15 is 0 Å². The number of likely N-dealkylation sites (N-methyl/N-ethyl adjacent to an activating group) is 1. The minimum Gasteiger partial charge on any atom is -0.497 e. The molecular formula is C28H33FN2O3S. The number of piperidine rings is 1. The molecule has 4 rings (SSSR count). The molecule has 1 aliphatic rings. The predicted octanol–water partition coefficient (Wildman–Crippen LogP) is 5.50. The van der Waals surface area contributed by atoms with Crippen molar-refractivity contribution in [3.8, 4) is 11.5 Å². The summed E-state index contributed by atoms with van der Waals surface area (Å²) in [6.45, 7) is 2.64. The molecular weight excluding hydrogens is 463 g/mol. The molecule has 0 N–H and O–H groups in total. The van der Waals surface area contributed by atoms with Gasteiger partial charge in [-0.2, -0.15) is 11.3 Å². The number of hydrogen-bond donors (Lipinski definition) is 0. The van der Waals surface area contributed by atoms with Crippen LogP contribution in [0.3, 0.4) is 0 Å². The van der Waals surface area contributed by atoms with E-state index in [1.807, 2.05) is 59.1 Å². The first kappa shape index (κ1) is 25.2. The molecule has 7 heteroatoms. The van der Waals surface area contributed by atoms with E-state index < -0.39 is 0 Å². The van der Waals surface area contributed by atoms with Crippen molar-refractivity contribution < 1.29 is 18.7 Å². The van der Waals surface area contributed by atoms with Crippen LogP contribution in [-0.4, -0.2) is 56.1 Å². The molecule has 2 aromatic carbocycles. The first-order valence-electron chi connectivity index (χ1n) is 12.0. The second-order valence-corrected chi connectivity index (χ2v) is 9.91. The van der Waals surface area contributed by atoms with Crippen molar-refractivity contribution in [1.29, 1.82) is 0 Å². The summed E-state index contributed by atoms with van der Waals surface area (Å²) in [4.78, 5) is 17.5. The van der Waals surface area contributed by atoms with Gasteiger partial charge in [-0.3, -0.25) is 9.69 Å². The Morgan fingerprint density at radius 2 is 1.80 bits per heavy atom. The third-order valence-electron chi connectivity index (χ3n) is 6.97. The highest BCUT2D eigenvalue weighted by atomic mass is 32.1. The largest absolute Gasteiger partial charge is 0.497 e. The lowest BCUT2D eigenvalue weighted by Crippen LogP contribution is -2.47. The van der Waals surface area contributed by atoms with Gasteiger partial charge in [0.2, 0.25) is 0 Å². The average Bonchev–Trinajstić information content (AvgIpc) is 3.43. The van der Waals surface area contributed by atoms with Gasteiger partial charge in [0.1, 0.15) is 17.3 Å². The van der Waals surface area contributed by atoms with Crippen LogP contribution < -0.4 is 9.47 Å². The van der Waals surface area contributed by atoms with Crippen molar-refractivity contribution in [2.24, 2.45) is 5.92 Å². The maximum atomic E-state index is 14.6. The summed E-state index contributed by atoms with van der Waals surface area (Å²) < 4.78 is 25.4. The molecule has 2 heterocycles. The Labute approximate surface area is 211 Å². The number of benzene rings is 2. The number of ether oxygens (including phenoxy) is 2. The molecule has 1 aliphatic heterocycles. The Morgan fingerprint density at radius 1 is 1.11 bits per heavy atom. The van der Waals surface area contributed by atoms with Crippen LogP contribution in [0, 0.1) is 11.7 Å². The summed E-state index contributed by atoms with van der Waals surface area (Å²) in [5, 5.41) is 3.79. The molecule has 1 saturated heterocycles. The smallest absolute Gasteiger partial charge is 0.254 e. The molecule has 0 saturated carbocycles. The number of hydrogen-bond acceptors (Lipinski definition) is 5. The first-order chi connectivity index (χ1) is 17.0. The van der Waals surface area contributed by atoms with E-state index in [1.165, 1.54) is 17.4 Å². The minimum atomic E-state index is -0.210. The van der Waals surface area contributed by atoms with Gasteiger partial charge in [-0.25, -0.2) is 4.39 Å². The molecule has 0 aliphatic carbocycles. The fourth-order valence-electron chi connectivity index (χ4n) is 4.96. The standard InChI is InChI=1S/C28H33FN2O3S/c1-30(28(32)23-10-13-35-19-23)27(16-22-6-4-5-7-26(22)29)21-8-11-31(12-9-21)18-20-14-24(33-2)17-25(15-20)34-3/h4-7,10,13-15,17,19,21,27H,8-9,11-12,16,18H2,1-3H3/t27-/m1/s1. The summed E-state index contributed by atoms with van der Waals surface area (Å²) in [5.74, 6) is 1.65. The third kappa shape index (κ3) is 6.21. The molecule has 1 fully saturated rings. The Balaban J connectivity index is 1.47. The fourth-order valence-corrected chi connectivity index (χ4v) is 5.59. The zero-order chi connectivity index (χ0) is 24.8. The predicted molar refractivity (Wildman–Crippen MR) is 138 cm³/mol.